The number of nitrogens with zero attached hydrogens (tertiary/aromatic N) is 1. The summed E-state index contributed by atoms with van der Waals surface area (Å²) in [5.41, 5.74) is 11.3. The zero-order valence-corrected chi connectivity index (χ0v) is 18.4. The minimum Gasteiger partial charge on any atom is -0.371 e. The van der Waals surface area contributed by atoms with Gasteiger partial charge in [-0.3, -0.25) is 14.4 Å². The highest BCUT2D eigenvalue weighted by atomic mass is 16.2. The quantitative estimate of drug-likeness (QED) is 0.543. The third-order valence-electron chi connectivity index (χ3n) is 6.05. The summed E-state index contributed by atoms with van der Waals surface area (Å²) in [6.07, 6.45) is 2.86. The number of anilines is 1. The van der Waals surface area contributed by atoms with Gasteiger partial charge in [0.1, 0.15) is 5.54 Å². The molecule has 7 heteroatoms. The lowest BCUT2D eigenvalue weighted by Crippen LogP contribution is -2.58. The zero-order valence-electron chi connectivity index (χ0n) is 18.4. The second kappa shape index (κ2) is 10.5. The largest absolute Gasteiger partial charge is 0.371 e. The molecule has 0 aliphatic carbocycles. The highest BCUT2D eigenvalue weighted by Crippen LogP contribution is 2.31. The van der Waals surface area contributed by atoms with Crippen LogP contribution in [0.1, 0.15) is 52.9 Å². The van der Waals surface area contributed by atoms with Crippen molar-refractivity contribution in [2.24, 2.45) is 29.2 Å². The molecule has 1 unspecified atom stereocenters. The second-order valence-corrected chi connectivity index (χ2v) is 8.80. The Morgan fingerprint density at radius 2 is 1.67 bits per heavy atom. The molecule has 166 valence electrons. The Labute approximate surface area is 179 Å². The number of hydrogen-bond donors (Lipinski definition) is 3. The maximum atomic E-state index is 13.4. The van der Waals surface area contributed by atoms with Crippen LogP contribution in [-0.2, 0) is 14.4 Å². The summed E-state index contributed by atoms with van der Waals surface area (Å²) in [4.78, 5) is 39.5. The van der Waals surface area contributed by atoms with Crippen molar-refractivity contribution in [1.29, 1.82) is 0 Å². The van der Waals surface area contributed by atoms with E-state index < -0.39 is 29.2 Å². The van der Waals surface area contributed by atoms with Crippen molar-refractivity contribution < 1.29 is 14.4 Å². The molecule has 30 heavy (non-hydrogen) atoms. The fourth-order valence-electron chi connectivity index (χ4n) is 4.37. The number of hydrogen-bond acceptors (Lipinski definition) is 4. The number of primary amides is 2. The Kier molecular flexibility index (Phi) is 8.26. The molecule has 1 saturated heterocycles. The van der Waals surface area contributed by atoms with Crippen LogP contribution in [0.2, 0.25) is 0 Å². The molecule has 0 radical (unpaired) electrons. The first-order valence-electron chi connectivity index (χ1n) is 10.9. The lowest BCUT2D eigenvalue weighted by atomic mass is 9.80. The van der Waals surface area contributed by atoms with Crippen LogP contribution in [0.15, 0.2) is 30.3 Å². The number of rotatable bonds is 10. The zero-order chi connectivity index (χ0) is 22.3. The second-order valence-electron chi connectivity index (χ2n) is 8.80. The molecule has 5 N–H and O–H groups in total. The molecule has 1 aliphatic rings. The standard InChI is InChI=1S/C23H36N4O3/c1-4-8-18(20(24)28)19(15-16(2)3)21(29)27-13-11-23(12-14-27,22(25)30)26-17-9-6-5-7-10-17/h5-7,9-10,16,18-19,26H,4,8,11-15H2,1-3H3,(H2,24,28)(H2,25,30)/t18-,19?/m0/s1. The predicted octanol–water partition coefficient (Wildman–Crippen LogP) is 2.51. The van der Waals surface area contributed by atoms with E-state index in [0.29, 0.717) is 38.8 Å². The van der Waals surface area contributed by atoms with Crippen LogP contribution in [0.5, 0.6) is 0 Å². The van der Waals surface area contributed by atoms with Crippen molar-refractivity contribution in [3.63, 3.8) is 0 Å². The summed E-state index contributed by atoms with van der Waals surface area (Å²) in [6.45, 7) is 6.90. The van der Waals surface area contributed by atoms with E-state index in [0.717, 1.165) is 12.1 Å². The molecule has 0 bridgehead atoms. The maximum absolute atomic E-state index is 13.4. The number of piperidine rings is 1. The van der Waals surface area contributed by atoms with Crippen LogP contribution >= 0.6 is 0 Å². The van der Waals surface area contributed by atoms with E-state index in [1.807, 2.05) is 51.1 Å². The van der Waals surface area contributed by atoms with Gasteiger partial charge in [-0.1, -0.05) is 45.4 Å². The Balaban J connectivity index is 2.15. The number of carbonyl (C=O) groups excluding carboxylic acids is 3. The lowest BCUT2D eigenvalue weighted by molar-refractivity contribution is -0.144. The third kappa shape index (κ3) is 5.74. The Morgan fingerprint density at radius 3 is 2.13 bits per heavy atom. The molecule has 7 nitrogen and oxygen atoms in total. The van der Waals surface area contributed by atoms with Gasteiger partial charge in [0.05, 0.1) is 0 Å². The maximum Gasteiger partial charge on any atom is 0.243 e. The van der Waals surface area contributed by atoms with E-state index in [1.54, 1.807) is 4.90 Å². The van der Waals surface area contributed by atoms with Gasteiger partial charge in [-0.05, 0) is 43.7 Å². The van der Waals surface area contributed by atoms with Gasteiger partial charge in [0.2, 0.25) is 17.7 Å². The molecule has 1 aromatic rings. The Bertz CT molecular complexity index is 727. The van der Waals surface area contributed by atoms with E-state index in [2.05, 4.69) is 5.32 Å². The molecule has 0 saturated carbocycles. The van der Waals surface area contributed by atoms with Crippen LogP contribution in [0, 0.1) is 17.8 Å². The topological polar surface area (TPSA) is 119 Å². The molecule has 3 amide bonds. The first kappa shape index (κ1) is 23.7. The highest BCUT2D eigenvalue weighted by Gasteiger charge is 2.43. The number of amides is 3. The molecule has 1 aromatic carbocycles. The molecule has 0 aromatic heterocycles. The monoisotopic (exact) mass is 416 g/mol. The summed E-state index contributed by atoms with van der Waals surface area (Å²) in [5.74, 6) is -1.49. The number of likely N-dealkylation sites (tertiary alicyclic amines) is 1. The van der Waals surface area contributed by atoms with Crippen molar-refractivity contribution >= 4 is 23.4 Å². The normalized spacial score (nSPS) is 17.9. The van der Waals surface area contributed by atoms with Gasteiger partial charge in [-0.25, -0.2) is 0 Å². The molecule has 2 rings (SSSR count). The van der Waals surface area contributed by atoms with Gasteiger partial charge in [0.25, 0.3) is 0 Å². The first-order valence-corrected chi connectivity index (χ1v) is 10.9. The van der Waals surface area contributed by atoms with E-state index >= 15 is 0 Å². The molecule has 1 aliphatic heterocycles. The third-order valence-corrected chi connectivity index (χ3v) is 6.05. The van der Waals surface area contributed by atoms with Crippen LogP contribution in [0.25, 0.3) is 0 Å². The Morgan fingerprint density at radius 1 is 1.07 bits per heavy atom. The predicted molar refractivity (Wildman–Crippen MR) is 118 cm³/mol. The lowest BCUT2D eigenvalue weighted by Gasteiger charge is -2.42. The van der Waals surface area contributed by atoms with Crippen molar-refractivity contribution in [3.05, 3.63) is 30.3 Å². The minimum absolute atomic E-state index is 0.0428. The average molecular weight is 417 g/mol. The SMILES string of the molecule is CCC[C@H](C(N)=O)C(CC(C)C)C(=O)N1CCC(Nc2ccccc2)(C(N)=O)CC1. The van der Waals surface area contributed by atoms with E-state index in [4.69, 9.17) is 11.5 Å². The fraction of sp³-hybridized carbons (Fsp3) is 0.609. The molecule has 2 atom stereocenters. The minimum atomic E-state index is -0.891. The molecular weight excluding hydrogens is 380 g/mol. The van der Waals surface area contributed by atoms with E-state index in [1.165, 1.54) is 0 Å². The van der Waals surface area contributed by atoms with Gasteiger partial charge in [0, 0.05) is 30.6 Å². The van der Waals surface area contributed by atoms with E-state index in [9.17, 15) is 14.4 Å². The molecule has 0 spiro atoms. The molecule has 1 fully saturated rings. The summed E-state index contributed by atoms with van der Waals surface area (Å²) in [5, 5.41) is 3.29. The van der Waals surface area contributed by atoms with Crippen LogP contribution in [0.4, 0.5) is 5.69 Å². The first-order chi connectivity index (χ1) is 14.2. The van der Waals surface area contributed by atoms with Gasteiger partial charge in [-0.15, -0.1) is 0 Å². The highest BCUT2D eigenvalue weighted by molar-refractivity contribution is 5.90. The van der Waals surface area contributed by atoms with Gasteiger partial charge in [-0.2, -0.15) is 0 Å². The van der Waals surface area contributed by atoms with Crippen LogP contribution < -0.4 is 16.8 Å². The summed E-state index contributed by atoms with van der Waals surface area (Å²) in [7, 11) is 0. The molecule has 1 heterocycles. The van der Waals surface area contributed by atoms with Crippen molar-refractivity contribution in [2.75, 3.05) is 18.4 Å². The van der Waals surface area contributed by atoms with Crippen molar-refractivity contribution in [3.8, 4) is 0 Å². The number of para-hydroxylation sites is 1. The molecular formula is C23H36N4O3. The smallest absolute Gasteiger partial charge is 0.243 e. The van der Waals surface area contributed by atoms with Gasteiger partial charge >= 0.3 is 0 Å². The number of benzene rings is 1. The van der Waals surface area contributed by atoms with E-state index in [-0.39, 0.29) is 11.8 Å². The number of carbonyl (C=O) groups is 3. The summed E-state index contributed by atoms with van der Waals surface area (Å²) in [6, 6.07) is 9.48. The van der Waals surface area contributed by atoms with Gasteiger partial charge in [0.15, 0.2) is 0 Å². The van der Waals surface area contributed by atoms with Crippen LogP contribution in [0.3, 0.4) is 0 Å². The number of nitrogens with two attached hydrogens (primary N) is 2. The average Bonchev–Trinajstić information content (AvgIpc) is 2.71. The summed E-state index contributed by atoms with van der Waals surface area (Å²) >= 11 is 0. The Hall–Kier alpha value is -2.57. The van der Waals surface area contributed by atoms with Crippen LogP contribution in [-0.4, -0.2) is 41.2 Å². The fourth-order valence-corrected chi connectivity index (χ4v) is 4.37. The van der Waals surface area contributed by atoms with Crippen molar-refractivity contribution in [1.82, 2.24) is 4.90 Å². The van der Waals surface area contributed by atoms with Gasteiger partial charge < -0.3 is 21.7 Å². The van der Waals surface area contributed by atoms with Crippen molar-refractivity contribution in [2.45, 2.75) is 58.4 Å². The summed E-state index contributed by atoms with van der Waals surface area (Å²) < 4.78 is 0. The number of nitrogens with one attached hydrogen (secondary N) is 1.